The Morgan fingerprint density at radius 2 is 1.75 bits per heavy atom. The van der Waals surface area contributed by atoms with E-state index < -0.39 is 5.97 Å². The Kier molecular flexibility index (Phi) is 5.73. The van der Waals surface area contributed by atoms with Crippen molar-refractivity contribution in [3.05, 3.63) is 0 Å². The van der Waals surface area contributed by atoms with Crippen molar-refractivity contribution in [1.29, 1.82) is 0 Å². The third-order valence-corrected chi connectivity index (χ3v) is 2.69. The second-order valence-corrected chi connectivity index (χ2v) is 3.89. The smallest absolute Gasteiger partial charge is 0.304 e. The van der Waals surface area contributed by atoms with Crippen LogP contribution in [0.4, 0.5) is 0 Å². The van der Waals surface area contributed by atoms with Crippen LogP contribution in [0.25, 0.3) is 0 Å². The van der Waals surface area contributed by atoms with Crippen molar-refractivity contribution in [1.82, 2.24) is 4.90 Å². The number of likely N-dealkylation sites (tertiary alicyclic amines) is 1. The largest absolute Gasteiger partial charge is 0.481 e. The van der Waals surface area contributed by atoms with Crippen LogP contribution >= 0.6 is 0 Å². The van der Waals surface area contributed by atoms with Gasteiger partial charge >= 0.3 is 5.97 Å². The summed E-state index contributed by atoms with van der Waals surface area (Å²) in [4.78, 5) is 12.6. The topological polar surface area (TPSA) is 59.0 Å². The maximum atomic E-state index is 10.5. The summed E-state index contributed by atoms with van der Waals surface area (Å²) in [6.45, 7) is 7.37. The predicted molar refractivity (Wildman–Crippen MR) is 59.5 cm³/mol. The van der Waals surface area contributed by atoms with Crippen LogP contribution in [0.3, 0.4) is 0 Å². The van der Waals surface area contributed by atoms with E-state index in [1.54, 1.807) is 0 Å². The summed E-state index contributed by atoms with van der Waals surface area (Å²) in [7, 11) is 0. The highest BCUT2D eigenvalue weighted by Crippen LogP contribution is 2.17. The Morgan fingerprint density at radius 3 is 2.12 bits per heavy atom. The standard InChI is InChI=1S/C11H21NO4/c1-3-15-9-7-12(6-5-11(13)14)8-10(9)16-4-2/h9-10H,3-8H2,1-2H3,(H,13,14). The molecule has 94 valence electrons. The number of hydrogen-bond donors (Lipinski definition) is 1. The molecule has 0 radical (unpaired) electrons. The third-order valence-electron chi connectivity index (χ3n) is 2.69. The number of carboxylic acids is 1. The molecule has 0 amide bonds. The van der Waals surface area contributed by atoms with Crippen LogP contribution in [0.2, 0.25) is 0 Å². The molecule has 1 rings (SSSR count). The van der Waals surface area contributed by atoms with Gasteiger partial charge in [-0.1, -0.05) is 0 Å². The van der Waals surface area contributed by atoms with Crippen molar-refractivity contribution in [3.63, 3.8) is 0 Å². The van der Waals surface area contributed by atoms with Gasteiger partial charge in [-0.05, 0) is 13.8 Å². The predicted octanol–water partition coefficient (Wildman–Crippen LogP) is 0.587. The van der Waals surface area contributed by atoms with Crippen LogP contribution in [-0.2, 0) is 14.3 Å². The lowest BCUT2D eigenvalue weighted by molar-refractivity contribution is -0.137. The van der Waals surface area contributed by atoms with Gasteiger partial charge in [-0.15, -0.1) is 0 Å². The van der Waals surface area contributed by atoms with Crippen LogP contribution in [0.15, 0.2) is 0 Å². The van der Waals surface area contributed by atoms with Gasteiger partial charge in [0.05, 0.1) is 18.6 Å². The minimum Gasteiger partial charge on any atom is -0.481 e. The molecule has 0 aromatic carbocycles. The molecule has 5 nitrogen and oxygen atoms in total. The molecular weight excluding hydrogens is 210 g/mol. The summed E-state index contributed by atoms with van der Waals surface area (Å²) in [5, 5.41) is 8.62. The van der Waals surface area contributed by atoms with Gasteiger partial charge in [-0.25, -0.2) is 0 Å². The van der Waals surface area contributed by atoms with Gasteiger partial charge in [0, 0.05) is 32.8 Å². The fraction of sp³-hybridized carbons (Fsp3) is 0.909. The van der Waals surface area contributed by atoms with Gasteiger partial charge in [0.25, 0.3) is 0 Å². The van der Waals surface area contributed by atoms with Crippen molar-refractivity contribution >= 4 is 5.97 Å². The number of aliphatic carboxylic acids is 1. The second kappa shape index (κ2) is 6.83. The number of carbonyl (C=O) groups is 1. The highest BCUT2D eigenvalue weighted by atomic mass is 16.5. The van der Waals surface area contributed by atoms with E-state index in [1.165, 1.54) is 0 Å². The van der Waals surface area contributed by atoms with E-state index >= 15 is 0 Å². The van der Waals surface area contributed by atoms with Gasteiger partial charge in [-0.3, -0.25) is 9.69 Å². The van der Waals surface area contributed by atoms with Crippen molar-refractivity contribution in [2.45, 2.75) is 32.5 Å². The molecule has 2 unspecified atom stereocenters. The summed E-state index contributed by atoms with van der Waals surface area (Å²) < 4.78 is 11.2. The molecular formula is C11H21NO4. The highest BCUT2D eigenvalue weighted by Gasteiger charge is 2.33. The van der Waals surface area contributed by atoms with E-state index in [-0.39, 0.29) is 18.6 Å². The number of nitrogens with zero attached hydrogens (tertiary/aromatic N) is 1. The van der Waals surface area contributed by atoms with E-state index in [4.69, 9.17) is 14.6 Å². The number of rotatable bonds is 7. The van der Waals surface area contributed by atoms with Crippen molar-refractivity contribution < 1.29 is 19.4 Å². The van der Waals surface area contributed by atoms with Gasteiger partial charge in [0.2, 0.25) is 0 Å². The van der Waals surface area contributed by atoms with Gasteiger partial charge < -0.3 is 14.6 Å². The molecule has 1 N–H and O–H groups in total. The molecule has 0 aromatic rings. The number of ether oxygens (including phenoxy) is 2. The van der Waals surface area contributed by atoms with E-state index in [1.807, 2.05) is 13.8 Å². The summed E-state index contributed by atoms with van der Waals surface area (Å²) in [5.74, 6) is -0.757. The van der Waals surface area contributed by atoms with Crippen molar-refractivity contribution in [2.75, 3.05) is 32.8 Å². The molecule has 0 bridgehead atoms. The van der Waals surface area contributed by atoms with Gasteiger partial charge in [0.1, 0.15) is 0 Å². The Bertz CT molecular complexity index is 208. The Balaban J connectivity index is 2.38. The van der Waals surface area contributed by atoms with Crippen LogP contribution in [0.1, 0.15) is 20.3 Å². The molecule has 1 aliphatic rings. The van der Waals surface area contributed by atoms with Crippen LogP contribution in [0, 0.1) is 0 Å². The van der Waals surface area contributed by atoms with Crippen LogP contribution in [-0.4, -0.2) is 61.0 Å². The Hall–Kier alpha value is -0.650. The maximum absolute atomic E-state index is 10.5. The lowest BCUT2D eigenvalue weighted by Gasteiger charge is -2.17. The van der Waals surface area contributed by atoms with E-state index in [2.05, 4.69) is 4.90 Å². The molecule has 1 aliphatic heterocycles. The van der Waals surface area contributed by atoms with Gasteiger partial charge in [-0.2, -0.15) is 0 Å². The Morgan fingerprint density at radius 1 is 1.25 bits per heavy atom. The lowest BCUT2D eigenvalue weighted by atomic mass is 10.2. The number of carboxylic acid groups (broad SMARTS) is 1. The highest BCUT2D eigenvalue weighted by molar-refractivity contribution is 5.66. The molecule has 5 heteroatoms. The molecule has 2 atom stereocenters. The molecule has 16 heavy (non-hydrogen) atoms. The first kappa shape index (κ1) is 13.4. The fourth-order valence-corrected chi connectivity index (χ4v) is 2.00. The summed E-state index contributed by atoms with van der Waals surface area (Å²) >= 11 is 0. The molecule has 1 saturated heterocycles. The Labute approximate surface area is 96.3 Å². The van der Waals surface area contributed by atoms with Crippen LogP contribution < -0.4 is 0 Å². The third kappa shape index (κ3) is 4.08. The molecule has 0 spiro atoms. The SMILES string of the molecule is CCOC1CN(CCC(=O)O)CC1OCC. The monoisotopic (exact) mass is 231 g/mol. The minimum absolute atomic E-state index is 0.0822. The zero-order chi connectivity index (χ0) is 12.0. The summed E-state index contributed by atoms with van der Waals surface area (Å²) in [6.07, 6.45) is 0.343. The lowest BCUT2D eigenvalue weighted by Crippen LogP contribution is -2.29. The normalized spacial score (nSPS) is 26.1. The second-order valence-electron chi connectivity index (χ2n) is 3.89. The first-order valence-electron chi connectivity index (χ1n) is 5.84. The zero-order valence-electron chi connectivity index (χ0n) is 10.0. The quantitative estimate of drug-likeness (QED) is 0.695. The molecule has 1 fully saturated rings. The van der Waals surface area contributed by atoms with Gasteiger partial charge in [0.15, 0.2) is 0 Å². The van der Waals surface area contributed by atoms with Crippen molar-refractivity contribution in [3.8, 4) is 0 Å². The zero-order valence-corrected chi connectivity index (χ0v) is 10.0. The first-order valence-corrected chi connectivity index (χ1v) is 5.84. The van der Waals surface area contributed by atoms with Crippen molar-refractivity contribution in [2.24, 2.45) is 0 Å². The van der Waals surface area contributed by atoms with E-state index in [9.17, 15) is 4.79 Å². The minimum atomic E-state index is -0.757. The fourth-order valence-electron chi connectivity index (χ4n) is 2.00. The van der Waals surface area contributed by atoms with Crippen LogP contribution in [0.5, 0.6) is 0 Å². The number of hydrogen-bond acceptors (Lipinski definition) is 4. The van der Waals surface area contributed by atoms with E-state index in [0.29, 0.717) is 19.8 Å². The summed E-state index contributed by atoms with van der Waals surface area (Å²) in [5.41, 5.74) is 0. The van der Waals surface area contributed by atoms with E-state index in [0.717, 1.165) is 13.1 Å². The molecule has 0 saturated carbocycles. The molecule has 0 aromatic heterocycles. The molecule has 0 aliphatic carbocycles. The summed E-state index contributed by atoms with van der Waals surface area (Å²) in [6, 6.07) is 0. The first-order chi connectivity index (χ1) is 7.67. The average molecular weight is 231 g/mol. The maximum Gasteiger partial charge on any atom is 0.304 e. The molecule has 1 heterocycles. The average Bonchev–Trinajstić information content (AvgIpc) is 2.59.